The first-order valence-electron chi connectivity index (χ1n) is 7.23. The summed E-state index contributed by atoms with van der Waals surface area (Å²) in [6.07, 6.45) is 1.28. The van der Waals surface area contributed by atoms with Crippen LogP contribution in [0.3, 0.4) is 0 Å². The minimum atomic E-state index is -0.143. The van der Waals surface area contributed by atoms with Crippen molar-refractivity contribution in [3.05, 3.63) is 23.8 Å². The highest BCUT2D eigenvalue weighted by Gasteiger charge is 2.15. The lowest BCUT2D eigenvalue weighted by molar-refractivity contribution is -0.122. The SMILES string of the molecule is COc1ccc(OC)c(C(C)NC(=O)CCC(C)CN)c1. The molecule has 0 aliphatic carbocycles. The molecule has 1 rings (SSSR count). The number of carbonyl (C=O) groups is 1. The van der Waals surface area contributed by atoms with Gasteiger partial charge in [-0.2, -0.15) is 0 Å². The minimum Gasteiger partial charge on any atom is -0.497 e. The number of nitrogens with two attached hydrogens (primary N) is 1. The molecule has 0 saturated carbocycles. The van der Waals surface area contributed by atoms with Gasteiger partial charge in [0, 0.05) is 12.0 Å². The van der Waals surface area contributed by atoms with Crippen LogP contribution in [0.2, 0.25) is 0 Å². The van der Waals surface area contributed by atoms with Gasteiger partial charge in [-0.15, -0.1) is 0 Å². The number of ether oxygens (including phenoxy) is 2. The number of nitrogens with one attached hydrogen (secondary N) is 1. The van der Waals surface area contributed by atoms with Crippen LogP contribution in [0.1, 0.15) is 38.3 Å². The zero-order chi connectivity index (χ0) is 15.8. The lowest BCUT2D eigenvalue weighted by Gasteiger charge is -2.18. The van der Waals surface area contributed by atoms with E-state index in [0.717, 1.165) is 23.5 Å². The zero-order valence-corrected chi connectivity index (χ0v) is 13.3. The lowest BCUT2D eigenvalue weighted by Crippen LogP contribution is -2.27. The number of methoxy groups -OCH3 is 2. The van der Waals surface area contributed by atoms with E-state index >= 15 is 0 Å². The highest BCUT2D eigenvalue weighted by atomic mass is 16.5. The summed E-state index contributed by atoms with van der Waals surface area (Å²) in [7, 11) is 3.23. The summed E-state index contributed by atoms with van der Waals surface area (Å²) in [4.78, 5) is 12.0. The van der Waals surface area contributed by atoms with Gasteiger partial charge in [-0.25, -0.2) is 0 Å². The molecule has 0 fully saturated rings. The lowest BCUT2D eigenvalue weighted by atomic mass is 10.0. The molecule has 0 radical (unpaired) electrons. The molecule has 0 aromatic heterocycles. The molecule has 2 unspecified atom stereocenters. The summed E-state index contributed by atoms with van der Waals surface area (Å²) in [6, 6.07) is 5.41. The van der Waals surface area contributed by atoms with Crippen molar-refractivity contribution in [2.75, 3.05) is 20.8 Å². The smallest absolute Gasteiger partial charge is 0.220 e. The van der Waals surface area contributed by atoms with Gasteiger partial charge in [0.05, 0.1) is 20.3 Å². The van der Waals surface area contributed by atoms with Crippen molar-refractivity contribution in [2.45, 2.75) is 32.7 Å². The fourth-order valence-corrected chi connectivity index (χ4v) is 2.06. The molecule has 5 heteroatoms. The molecule has 0 aliphatic heterocycles. The monoisotopic (exact) mass is 294 g/mol. The average Bonchev–Trinajstić information content (AvgIpc) is 2.51. The van der Waals surface area contributed by atoms with E-state index in [-0.39, 0.29) is 11.9 Å². The Balaban J connectivity index is 2.69. The molecule has 2 atom stereocenters. The van der Waals surface area contributed by atoms with Crippen LogP contribution in [0.5, 0.6) is 11.5 Å². The molecule has 0 bridgehead atoms. The number of carbonyl (C=O) groups excluding carboxylic acids is 1. The fraction of sp³-hybridized carbons (Fsp3) is 0.562. The fourth-order valence-electron chi connectivity index (χ4n) is 2.06. The summed E-state index contributed by atoms with van der Waals surface area (Å²) in [6.45, 7) is 4.58. The Morgan fingerprint density at radius 3 is 2.57 bits per heavy atom. The molecule has 0 spiro atoms. The van der Waals surface area contributed by atoms with Crippen LogP contribution in [0.15, 0.2) is 18.2 Å². The van der Waals surface area contributed by atoms with E-state index in [1.54, 1.807) is 14.2 Å². The molecule has 1 aromatic carbocycles. The average molecular weight is 294 g/mol. The molecule has 5 nitrogen and oxygen atoms in total. The van der Waals surface area contributed by atoms with Crippen LogP contribution in [0, 0.1) is 5.92 Å². The van der Waals surface area contributed by atoms with Crippen molar-refractivity contribution in [3.8, 4) is 11.5 Å². The van der Waals surface area contributed by atoms with E-state index in [1.807, 2.05) is 32.0 Å². The number of hydrogen-bond acceptors (Lipinski definition) is 4. The van der Waals surface area contributed by atoms with Gasteiger partial charge in [0.1, 0.15) is 11.5 Å². The highest BCUT2D eigenvalue weighted by Crippen LogP contribution is 2.29. The minimum absolute atomic E-state index is 0.0210. The van der Waals surface area contributed by atoms with Crippen molar-refractivity contribution >= 4 is 5.91 Å². The second-order valence-electron chi connectivity index (χ2n) is 5.28. The summed E-state index contributed by atoms with van der Waals surface area (Å²) in [5.74, 6) is 1.85. The summed E-state index contributed by atoms with van der Waals surface area (Å²) in [5.41, 5.74) is 6.46. The van der Waals surface area contributed by atoms with Crippen LogP contribution >= 0.6 is 0 Å². The first-order valence-corrected chi connectivity index (χ1v) is 7.23. The van der Waals surface area contributed by atoms with Gasteiger partial charge < -0.3 is 20.5 Å². The van der Waals surface area contributed by atoms with Gasteiger partial charge in [-0.1, -0.05) is 6.92 Å². The molecule has 0 heterocycles. The quantitative estimate of drug-likeness (QED) is 0.771. The maximum atomic E-state index is 12.0. The van der Waals surface area contributed by atoms with E-state index < -0.39 is 0 Å². The first kappa shape index (κ1) is 17.3. The molecule has 21 heavy (non-hydrogen) atoms. The van der Waals surface area contributed by atoms with Crippen molar-refractivity contribution in [1.29, 1.82) is 0 Å². The predicted molar refractivity (Wildman–Crippen MR) is 83.6 cm³/mol. The van der Waals surface area contributed by atoms with Gasteiger partial charge in [0.15, 0.2) is 0 Å². The normalized spacial score (nSPS) is 13.4. The van der Waals surface area contributed by atoms with Gasteiger partial charge >= 0.3 is 0 Å². The van der Waals surface area contributed by atoms with Gasteiger partial charge in [0.25, 0.3) is 0 Å². The number of amides is 1. The summed E-state index contributed by atoms with van der Waals surface area (Å²) >= 11 is 0. The van der Waals surface area contributed by atoms with E-state index in [0.29, 0.717) is 18.9 Å². The molecule has 0 saturated heterocycles. The molecule has 1 amide bonds. The standard InChI is InChI=1S/C16H26N2O3/c1-11(10-17)5-8-16(19)18-12(2)14-9-13(20-3)6-7-15(14)21-4/h6-7,9,11-12H,5,8,10,17H2,1-4H3,(H,18,19). The Labute approximate surface area is 126 Å². The molecule has 1 aromatic rings. The van der Waals surface area contributed by atoms with Crippen molar-refractivity contribution < 1.29 is 14.3 Å². The van der Waals surface area contributed by atoms with Crippen LogP contribution in [0.4, 0.5) is 0 Å². The first-order chi connectivity index (χ1) is 10.0. The van der Waals surface area contributed by atoms with Crippen LogP contribution in [-0.2, 0) is 4.79 Å². The van der Waals surface area contributed by atoms with E-state index in [4.69, 9.17) is 15.2 Å². The molecule has 118 valence electrons. The Bertz CT molecular complexity index is 463. The summed E-state index contributed by atoms with van der Waals surface area (Å²) < 4.78 is 10.6. The summed E-state index contributed by atoms with van der Waals surface area (Å²) in [5, 5.41) is 2.99. The molecule has 3 N–H and O–H groups in total. The van der Waals surface area contributed by atoms with Crippen molar-refractivity contribution in [3.63, 3.8) is 0 Å². The van der Waals surface area contributed by atoms with E-state index in [9.17, 15) is 4.79 Å². The third kappa shape index (κ3) is 5.27. The Hall–Kier alpha value is -1.75. The highest BCUT2D eigenvalue weighted by molar-refractivity contribution is 5.76. The van der Waals surface area contributed by atoms with E-state index in [2.05, 4.69) is 5.32 Å². The second kappa shape index (κ2) is 8.52. The zero-order valence-electron chi connectivity index (χ0n) is 13.3. The van der Waals surface area contributed by atoms with Crippen molar-refractivity contribution in [1.82, 2.24) is 5.32 Å². The van der Waals surface area contributed by atoms with Crippen LogP contribution < -0.4 is 20.5 Å². The largest absolute Gasteiger partial charge is 0.497 e. The van der Waals surface area contributed by atoms with Crippen LogP contribution in [-0.4, -0.2) is 26.7 Å². The maximum absolute atomic E-state index is 12.0. The predicted octanol–water partition coefficient (Wildman–Crippen LogP) is 2.26. The van der Waals surface area contributed by atoms with Crippen LogP contribution in [0.25, 0.3) is 0 Å². The van der Waals surface area contributed by atoms with Crippen molar-refractivity contribution in [2.24, 2.45) is 11.7 Å². The van der Waals surface area contributed by atoms with Gasteiger partial charge in [0.2, 0.25) is 5.91 Å². The number of hydrogen-bond donors (Lipinski definition) is 2. The molecule has 0 aliphatic rings. The van der Waals surface area contributed by atoms with Gasteiger partial charge in [-0.3, -0.25) is 4.79 Å². The number of benzene rings is 1. The van der Waals surface area contributed by atoms with Gasteiger partial charge in [-0.05, 0) is 44.0 Å². The Morgan fingerprint density at radius 1 is 1.29 bits per heavy atom. The Kier molecular flexibility index (Phi) is 7.02. The second-order valence-corrected chi connectivity index (χ2v) is 5.28. The number of rotatable bonds is 8. The molecular weight excluding hydrogens is 268 g/mol. The maximum Gasteiger partial charge on any atom is 0.220 e. The molecular formula is C16H26N2O3. The third-order valence-electron chi connectivity index (χ3n) is 3.55. The topological polar surface area (TPSA) is 73.6 Å². The Morgan fingerprint density at radius 2 is 2.00 bits per heavy atom. The third-order valence-corrected chi connectivity index (χ3v) is 3.55. The van der Waals surface area contributed by atoms with E-state index in [1.165, 1.54) is 0 Å².